The van der Waals surface area contributed by atoms with Crippen LogP contribution >= 0.6 is 0 Å². The zero-order valence-corrected chi connectivity index (χ0v) is 11.0. The van der Waals surface area contributed by atoms with Gasteiger partial charge in [-0.05, 0) is 52.1 Å². The molecule has 3 unspecified atom stereocenters. The van der Waals surface area contributed by atoms with E-state index in [1.54, 1.807) is 0 Å². The third kappa shape index (κ3) is 3.42. The molecular weight excluding hydrogens is 214 g/mol. The van der Waals surface area contributed by atoms with E-state index < -0.39 is 0 Å². The van der Waals surface area contributed by atoms with E-state index in [4.69, 9.17) is 0 Å². The van der Waals surface area contributed by atoms with Gasteiger partial charge in [0.25, 0.3) is 0 Å². The molecule has 2 aliphatic rings. The molecule has 17 heavy (non-hydrogen) atoms. The molecule has 0 aromatic carbocycles. The lowest BCUT2D eigenvalue weighted by molar-refractivity contribution is -0.130. The fourth-order valence-corrected chi connectivity index (χ4v) is 2.98. The second kappa shape index (κ2) is 5.83. The van der Waals surface area contributed by atoms with Gasteiger partial charge < -0.3 is 5.32 Å². The Morgan fingerprint density at radius 3 is 2.59 bits per heavy atom. The van der Waals surface area contributed by atoms with Gasteiger partial charge in [0.2, 0.25) is 5.91 Å². The fourth-order valence-electron chi connectivity index (χ4n) is 2.98. The van der Waals surface area contributed by atoms with Gasteiger partial charge in [-0.3, -0.25) is 10.2 Å². The van der Waals surface area contributed by atoms with Gasteiger partial charge in [-0.15, -0.1) is 0 Å². The average molecular weight is 239 g/mol. The molecule has 98 valence electrons. The van der Waals surface area contributed by atoms with Crippen LogP contribution in [0.25, 0.3) is 0 Å². The summed E-state index contributed by atoms with van der Waals surface area (Å²) < 4.78 is 0. The Balaban J connectivity index is 1.79. The van der Waals surface area contributed by atoms with Crippen molar-refractivity contribution in [2.45, 2.75) is 58.0 Å². The molecule has 4 nitrogen and oxygen atoms in total. The monoisotopic (exact) mass is 239 g/mol. The summed E-state index contributed by atoms with van der Waals surface area (Å²) in [6, 6.07) is 0.953. The van der Waals surface area contributed by atoms with Gasteiger partial charge in [0.05, 0.1) is 0 Å². The summed E-state index contributed by atoms with van der Waals surface area (Å²) in [4.78, 5) is 12.0. The van der Waals surface area contributed by atoms with Crippen LogP contribution < -0.4 is 10.7 Å². The van der Waals surface area contributed by atoms with Crippen molar-refractivity contribution in [2.24, 2.45) is 5.92 Å². The molecule has 2 rings (SSSR count). The first-order valence-electron chi connectivity index (χ1n) is 6.95. The standard InChI is InChI=1S/C13H25N3O/c1-10-4-3-5-11(2)16(10)15-13(17)8-12-6-7-14-9-12/h10-12,14H,3-9H2,1-2H3,(H,15,17). The Morgan fingerprint density at radius 2 is 2.00 bits per heavy atom. The topological polar surface area (TPSA) is 44.4 Å². The van der Waals surface area contributed by atoms with E-state index in [0.29, 0.717) is 24.4 Å². The van der Waals surface area contributed by atoms with Crippen molar-refractivity contribution in [3.8, 4) is 0 Å². The van der Waals surface area contributed by atoms with Crippen LogP contribution in [-0.2, 0) is 4.79 Å². The summed E-state index contributed by atoms with van der Waals surface area (Å²) in [7, 11) is 0. The molecule has 0 bridgehead atoms. The number of hydrogen-bond donors (Lipinski definition) is 2. The number of nitrogens with zero attached hydrogens (tertiary/aromatic N) is 1. The summed E-state index contributed by atoms with van der Waals surface area (Å²) >= 11 is 0. The van der Waals surface area contributed by atoms with Crippen molar-refractivity contribution >= 4 is 5.91 Å². The minimum absolute atomic E-state index is 0.194. The molecule has 0 saturated carbocycles. The second-order valence-corrected chi connectivity index (χ2v) is 5.63. The third-order valence-corrected chi connectivity index (χ3v) is 4.08. The van der Waals surface area contributed by atoms with Crippen molar-refractivity contribution in [3.63, 3.8) is 0 Å². The van der Waals surface area contributed by atoms with Crippen molar-refractivity contribution in [2.75, 3.05) is 13.1 Å². The summed E-state index contributed by atoms with van der Waals surface area (Å²) in [6.07, 6.45) is 5.47. The Morgan fingerprint density at radius 1 is 1.29 bits per heavy atom. The molecule has 0 spiro atoms. The lowest BCUT2D eigenvalue weighted by Gasteiger charge is -2.38. The zero-order valence-electron chi connectivity index (χ0n) is 11.0. The molecule has 2 fully saturated rings. The van der Waals surface area contributed by atoms with Crippen LogP contribution in [0.2, 0.25) is 0 Å². The van der Waals surface area contributed by atoms with Gasteiger partial charge in [0, 0.05) is 18.5 Å². The molecule has 0 aromatic heterocycles. The van der Waals surface area contributed by atoms with E-state index >= 15 is 0 Å². The molecule has 3 atom stereocenters. The average Bonchev–Trinajstić information content (AvgIpc) is 2.76. The molecule has 2 aliphatic heterocycles. The molecule has 1 amide bonds. The Bertz CT molecular complexity index is 253. The molecule has 2 heterocycles. The second-order valence-electron chi connectivity index (χ2n) is 5.63. The Hall–Kier alpha value is -0.610. The van der Waals surface area contributed by atoms with Gasteiger partial charge in [-0.2, -0.15) is 0 Å². The first kappa shape index (κ1) is 12.8. The summed E-state index contributed by atoms with van der Waals surface area (Å²) in [5.41, 5.74) is 3.11. The summed E-state index contributed by atoms with van der Waals surface area (Å²) in [5.74, 6) is 0.727. The normalized spacial score (nSPS) is 34.8. The van der Waals surface area contributed by atoms with Crippen molar-refractivity contribution < 1.29 is 4.79 Å². The van der Waals surface area contributed by atoms with Gasteiger partial charge in [-0.1, -0.05) is 6.42 Å². The van der Waals surface area contributed by atoms with Crippen LogP contribution in [0.3, 0.4) is 0 Å². The maximum Gasteiger partial charge on any atom is 0.234 e. The maximum absolute atomic E-state index is 12.0. The Kier molecular flexibility index (Phi) is 4.40. The SMILES string of the molecule is CC1CCCC(C)N1NC(=O)CC1CCNC1. The minimum atomic E-state index is 0.194. The summed E-state index contributed by atoms with van der Waals surface area (Å²) in [6.45, 7) is 6.47. The van der Waals surface area contributed by atoms with Gasteiger partial charge in [-0.25, -0.2) is 5.01 Å². The summed E-state index contributed by atoms with van der Waals surface area (Å²) in [5, 5.41) is 5.47. The molecule has 2 N–H and O–H groups in total. The van der Waals surface area contributed by atoms with E-state index in [-0.39, 0.29) is 5.91 Å². The fraction of sp³-hybridized carbons (Fsp3) is 0.923. The van der Waals surface area contributed by atoms with Crippen molar-refractivity contribution in [1.82, 2.24) is 15.8 Å². The van der Waals surface area contributed by atoms with Crippen molar-refractivity contribution in [1.29, 1.82) is 0 Å². The number of carbonyl (C=O) groups excluding carboxylic acids is 1. The number of rotatable bonds is 3. The highest BCUT2D eigenvalue weighted by Crippen LogP contribution is 2.20. The van der Waals surface area contributed by atoms with E-state index in [1.807, 2.05) is 0 Å². The lowest BCUT2D eigenvalue weighted by Crippen LogP contribution is -2.54. The number of hydrazine groups is 1. The molecule has 0 aromatic rings. The highest BCUT2D eigenvalue weighted by molar-refractivity contribution is 5.75. The van der Waals surface area contributed by atoms with Crippen LogP contribution in [0.1, 0.15) is 46.0 Å². The maximum atomic E-state index is 12.0. The van der Waals surface area contributed by atoms with Crippen molar-refractivity contribution in [3.05, 3.63) is 0 Å². The van der Waals surface area contributed by atoms with Crippen LogP contribution in [0.15, 0.2) is 0 Å². The molecule has 2 saturated heterocycles. The number of carbonyl (C=O) groups is 1. The quantitative estimate of drug-likeness (QED) is 0.780. The molecule has 4 heteroatoms. The van der Waals surface area contributed by atoms with Gasteiger partial charge >= 0.3 is 0 Å². The highest BCUT2D eigenvalue weighted by Gasteiger charge is 2.27. The predicted molar refractivity (Wildman–Crippen MR) is 68.4 cm³/mol. The van der Waals surface area contributed by atoms with Crippen LogP contribution in [0.4, 0.5) is 0 Å². The van der Waals surface area contributed by atoms with E-state index in [9.17, 15) is 4.79 Å². The Labute approximate surface area is 104 Å². The zero-order chi connectivity index (χ0) is 12.3. The number of nitrogens with one attached hydrogen (secondary N) is 2. The van der Waals surface area contributed by atoms with Gasteiger partial charge in [0.15, 0.2) is 0 Å². The van der Waals surface area contributed by atoms with Crippen LogP contribution in [0, 0.1) is 5.92 Å². The third-order valence-electron chi connectivity index (χ3n) is 4.08. The van der Waals surface area contributed by atoms with E-state index in [0.717, 1.165) is 19.5 Å². The molecule has 0 aliphatic carbocycles. The van der Waals surface area contributed by atoms with E-state index in [2.05, 4.69) is 29.6 Å². The van der Waals surface area contributed by atoms with Gasteiger partial charge in [0.1, 0.15) is 0 Å². The number of piperidine rings is 1. The number of hydrogen-bond acceptors (Lipinski definition) is 3. The predicted octanol–water partition coefficient (Wildman–Crippen LogP) is 1.28. The first-order chi connectivity index (χ1) is 8.16. The number of amides is 1. The molecule has 0 radical (unpaired) electrons. The van der Waals surface area contributed by atoms with Crippen LogP contribution in [-0.4, -0.2) is 36.1 Å². The van der Waals surface area contributed by atoms with Crippen LogP contribution in [0.5, 0.6) is 0 Å². The smallest absolute Gasteiger partial charge is 0.234 e. The molecular formula is C13H25N3O. The highest BCUT2D eigenvalue weighted by atomic mass is 16.2. The largest absolute Gasteiger partial charge is 0.316 e. The first-order valence-corrected chi connectivity index (χ1v) is 6.95. The van der Waals surface area contributed by atoms with E-state index in [1.165, 1.54) is 19.3 Å². The minimum Gasteiger partial charge on any atom is -0.316 e. The lowest BCUT2D eigenvalue weighted by atomic mass is 9.99.